The molecule has 1 heterocycles. The first-order chi connectivity index (χ1) is 9.06. The van der Waals surface area contributed by atoms with Gasteiger partial charge in [-0.1, -0.05) is 32.7 Å². The second-order valence-electron chi connectivity index (χ2n) is 4.06. The van der Waals surface area contributed by atoms with Crippen LogP contribution < -0.4 is 5.32 Å². The summed E-state index contributed by atoms with van der Waals surface area (Å²) < 4.78 is 5.87. The average Bonchev–Trinajstić information content (AvgIpc) is 2.78. The van der Waals surface area contributed by atoms with E-state index in [0.29, 0.717) is 23.6 Å². The summed E-state index contributed by atoms with van der Waals surface area (Å²) in [5, 5.41) is 7.00. The molecule has 0 aliphatic rings. The van der Waals surface area contributed by atoms with Crippen LogP contribution in [-0.2, 0) is 6.42 Å². The molecule has 1 amide bonds. The van der Waals surface area contributed by atoms with Gasteiger partial charge in [-0.05, 0) is 25.1 Å². The average molecular weight is 344 g/mol. The summed E-state index contributed by atoms with van der Waals surface area (Å²) in [4.78, 5) is 12.0. The second-order valence-corrected chi connectivity index (χ2v) is 5.39. The van der Waals surface area contributed by atoms with Crippen LogP contribution in [0.2, 0.25) is 5.02 Å². The molecule has 0 fully saturated rings. The molecule has 1 aromatic carbocycles. The van der Waals surface area contributed by atoms with Crippen molar-refractivity contribution in [1.29, 1.82) is 0 Å². The molecule has 0 atom stereocenters. The van der Waals surface area contributed by atoms with Gasteiger partial charge in [-0.3, -0.25) is 4.79 Å². The third-order valence-corrected chi connectivity index (χ3v) is 3.33. The fourth-order valence-corrected chi connectivity index (χ4v) is 2.16. The van der Waals surface area contributed by atoms with Crippen LogP contribution in [-0.4, -0.2) is 17.6 Å². The third kappa shape index (κ3) is 3.81. The molecule has 0 saturated carbocycles. The van der Waals surface area contributed by atoms with E-state index in [9.17, 15) is 4.79 Å². The van der Waals surface area contributed by atoms with E-state index in [1.165, 1.54) is 0 Å². The molecule has 19 heavy (non-hydrogen) atoms. The number of rotatable bonds is 4. The van der Waals surface area contributed by atoms with Crippen molar-refractivity contribution in [3.8, 4) is 0 Å². The molecule has 6 heteroatoms. The van der Waals surface area contributed by atoms with Gasteiger partial charge in [0.15, 0.2) is 0 Å². The number of benzene rings is 1. The number of amides is 1. The first-order valence-electron chi connectivity index (χ1n) is 5.71. The molecular weight excluding hydrogens is 332 g/mol. The number of hydrogen-bond donors (Lipinski definition) is 1. The quantitative estimate of drug-likeness (QED) is 0.926. The van der Waals surface area contributed by atoms with E-state index < -0.39 is 0 Å². The highest BCUT2D eigenvalue weighted by Gasteiger charge is 2.10. The Labute approximate surface area is 124 Å². The molecule has 1 N–H and O–H groups in total. The monoisotopic (exact) mass is 342 g/mol. The highest BCUT2D eigenvalue weighted by molar-refractivity contribution is 9.10. The molecular formula is C13H12BrClN2O2. The van der Waals surface area contributed by atoms with Crippen LogP contribution >= 0.6 is 27.5 Å². The molecule has 0 aliphatic carbocycles. The predicted molar refractivity (Wildman–Crippen MR) is 76.4 cm³/mol. The number of aromatic nitrogens is 1. The van der Waals surface area contributed by atoms with Crippen molar-refractivity contribution >= 4 is 33.4 Å². The van der Waals surface area contributed by atoms with Gasteiger partial charge in [0.1, 0.15) is 5.76 Å². The zero-order valence-corrected chi connectivity index (χ0v) is 12.6. The molecule has 100 valence electrons. The SMILES string of the molecule is Cc1cc(CCNC(=O)c2cc(Br)ccc2Cl)on1. The van der Waals surface area contributed by atoms with Gasteiger partial charge in [0.2, 0.25) is 0 Å². The lowest BCUT2D eigenvalue weighted by atomic mass is 10.2. The van der Waals surface area contributed by atoms with Crippen molar-refractivity contribution in [2.75, 3.05) is 6.54 Å². The van der Waals surface area contributed by atoms with Gasteiger partial charge in [-0.25, -0.2) is 0 Å². The van der Waals surface area contributed by atoms with E-state index in [1.54, 1.807) is 18.2 Å². The van der Waals surface area contributed by atoms with Crippen molar-refractivity contribution < 1.29 is 9.32 Å². The fraction of sp³-hybridized carbons (Fsp3) is 0.231. The molecule has 4 nitrogen and oxygen atoms in total. The molecule has 0 unspecified atom stereocenters. The Morgan fingerprint density at radius 3 is 2.95 bits per heavy atom. The van der Waals surface area contributed by atoms with Crippen LogP contribution in [0.4, 0.5) is 0 Å². The Balaban J connectivity index is 1.92. The summed E-state index contributed by atoms with van der Waals surface area (Å²) in [5.41, 5.74) is 1.28. The van der Waals surface area contributed by atoms with Crippen LogP contribution in [0.5, 0.6) is 0 Å². The van der Waals surface area contributed by atoms with E-state index in [0.717, 1.165) is 15.9 Å². The molecule has 0 aliphatic heterocycles. The Bertz CT molecular complexity index is 598. The van der Waals surface area contributed by atoms with Gasteiger partial charge in [0.25, 0.3) is 5.91 Å². The van der Waals surface area contributed by atoms with Crippen LogP contribution in [0.3, 0.4) is 0 Å². The van der Waals surface area contributed by atoms with Crippen LogP contribution in [0.25, 0.3) is 0 Å². The summed E-state index contributed by atoms with van der Waals surface area (Å²) in [6, 6.07) is 7.01. The third-order valence-electron chi connectivity index (χ3n) is 2.51. The number of halogens is 2. The first kappa shape index (κ1) is 14.1. The second kappa shape index (κ2) is 6.21. The van der Waals surface area contributed by atoms with Gasteiger partial charge in [-0.15, -0.1) is 0 Å². The van der Waals surface area contributed by atoms with Gasteiger partial charge >= 0.3 is 0 Å². The molecule has 0 bridgehead atoms. The minimum atomic E-state index is -0.206. The molecule has 1 aromatic heterocycles. The van der Waals surface area contributed by atoms with Crippen molar-refractivity contribution in [2.24, 2.45) is 0 Å². The zero-order chi connectivity index (χ0) is 13.8. The highest BCUT2D eigenvalue weighted by Crippen LogP contribution is 2.20. The van der Waals surface area contributed by atoms with Crippen molar-refractivity contribution in [3.63, 3.8) is 0 Å². The molecule has 2 aromatic rings. The largest absolute Gasteiger partial charge is 0.361 e. The van der Waals surface area contributed by atoms with E-state index in [1.807, 2.05) is 13.0 Å². The maximum atomic E-state index is 12.0. The summed E-state index contributed by atoms with van der Waals surface area (Å²) in [7, 11) is 0. The summed E-state index contributed by atoms with van der Waals surface area (Å²) in [6.07, 6.45) is 0.595. The Morgan fingerprint density at radius 2 is 2.26 bits per heavy atom. The zero-order valence-electron chi connectivity index (χ0n) is 10.2. The summed E-state index contributed by atoms with van der Waals surface area (Å²) >= 11 is 9.29. The minimum absolute atomic E-state index is 0.206. The van der Waals surface area contributed by atoms with Crippen LogP contribution in [0, 0.1) is 6.92 Å². The smallest absolute Gasteiger partial charge is 0.252 e. The van der Waals surface area contributed by atoms with Crippen LogP contribution in [0.1, 0.15) is 21.8 Å². The number of nitrogens with one attached hydrogen (secondary N) is 1. The Kier molecular flexibility index (Phi) is 4.61. The van der Waals surface area contributed by atoms with E-state index in [-0.39, 0.29) is 5.91 Å². The minimum Gasteiger partial charge on any atom is -0.361 e. The van der Waals surface area contributed by atoms with E-state index >= 15 is 0 Å². The maximum absolute atomic E-state index is 12.0. The van der Waals surface area contributed by atoms with E-state index in [2.05, 4.69) is 26.4 Å². The lowest BCUT2D eigenvalue weighted by molar-refractivity contribution is 0.0953. The molecule has 0 radical (unpaired) electrons. The summed E-state index contributed by atoms with van der Waals surface area (Å²) in [6.45, 7) is 2.32. The number of carbonyl (C=O) groups excluding carboxylic acids is 1. The highest BCUT2D eigenvalue weighted by atomic mass is 79.9. The first-order valence-corrected chi connectivity index (χ1v) is 6.89. The number of aryl methyl sites for hydroxylation is 1. The van der Waals surface area contributed by atoms with E-state index in [4.69, 9.17) is 16.1 Å². The fourth-order valence-electron chi connectivity index (χ4n) is 1.60. The molecule has 0 spiro atoms. The molecule has 2 rings (SSSR count). The predicted octanol–water partition coefficient (Wildman–Crippen LogP) is 3.37. The Morgan fingerprint density at radius 1 is 1.47 bits per heavy atom. The van der Waals surface area contributed by atoms with Gasteiger partial charge < -0.3 is 9.84 Å². The number of nitrogens with zero attached hydrogens (tertiary/aromatic N) is 1. The summed E-state index contributed by atoms with van der Waals surface area (Å²) in [5.74, 6) is 0.542. The van der Waals surface area contributed by atoms with Crippen molar-refractivity contribution in [1.82, 2.24) is 10.5 Å². The van der Waals surface area contributed by atoms with Crippen LogP contribution in [0.15, 0.2) is 33.3 Å². The number of hydrogen-bond acceptors (Lipinski definition) is 3. The van der Waals surface area contributed by atoms with Gasteiger partial charge in [-0.2, -0.15) is 0 Å². The van der Waals surface area contributed by atoms with Gasteiger partial charge in [0.05, 0.1) is 16.3 Å². The maximum Gasteiger partial charge on any atom is 0.252 e. The standard InChI is InChI=1S/C13H12BrClN2O2/c1-8-6-10(19-17-8)4-5-16-13(18)11-7-9(14)2-3-12(11)15/h2-3,6-7H,4-5H2,1H3,(H,16,18). The van der Waals surface area contributed by atoms with Gasteiger partial charge in [0, 0.05) is 23.5 Å². The number of carbonyl (C=O) groups is 1. The Hall–Kier alpha value is -1.33. The van der Waals surface area contributed by atoms with Crippen molar-refractivity contribution in [2.45, 2.75) is 13.3 Å². The normalized spacial score (nSPS) is 10.5. The molecule has 0 saturated heterocycles. The van der Waals surface area contributed by atoms with Crippen molar-refractivity contribution in [3.05, 3.63) is 50.8 Å². The lowest BCUT2D eigenvalue weighted by Crippen LogP contribution is -2.25. The topological polar surface area (TPSA) is 55.1 Å². The lowest BCUT2D eigenvalue weighted by Gasteiger charge is -2.06.